The molecule has 1 aliphatic carbocycles. The average Bonchev–Trinajstić information content (AvgIpc) is 1.96. The summed E-state index contributed by atoms with van der Waals surface area (Å²) in [6, 6.07) is 0. The molecule has 1 fully saturated rings. The van der Waals surface area contributed by atoms with Gasteiger partial charge >= 0.3 is 0 Å². The van der Waals surface area contributed by atoms with Gasteiger partial charge in [0, 0.05) is 5.92 Å². The molecule has 0 spiro atoms. The van der Waals surface area contributed by atoms with Gasteiger partial charge in [-0.15, -0.1) is 0 Å². The first-order valence-corrected chi connectivity index (χ1v) is 5.15. The Hall–Kier alpha value is -0.330. The lowest BCUT2D eigenvalue weighted by molar-refractivity contribution is 0.382. The lowest BCUT2D eigenvalue weighted by Crippen LogP contribution is -2.15. The van der Waals surface area contributed by atoms with Gasteiger partial charge in [-0.2, -0.15) is 8.78 Å². The molecular formula is C8H7F2IN2. The molecule has 0 radical (unpaired) electrons. The second-order valence-electron chi connectivity index (χ2n) is 3.11. The molecule has 13 heavy (non-hydrogen) atoms. The molecule has 70 valence electrons. The molecule has 0 aliphatic heterocycles. The average molecular weight is 296 g/mol. The molecule has 1 aliphatic rings. The summed E-state index contributed by atoms with van der Waals surface area (Å²) >= 11 is 1.56. The van der Waals surface area contributed by atoms with Crippen LogP contribution < -0.4 is 0 Å². The fraction of sp³-hybridized carbons (Fsp3) is 0.500. The van der Waals surface area contributed by atoms with Crippen LogP contribution in [0.1, 0.15) is 31.0 Å². The fourth-order valence-corrected chi connectivity index (χ4v) is 1.50. The van der Waals surface area contributed by atoms with Crippen molar-refractivity contribution in [3.63, 3.8) is 0 Å². The minimum atomic E-state index is -0.741. The molecule has 0 atom stereocenters. The normalized spacial score (nSPS) is 17.2. The van der Waals surface area contributed by atoms with Crippen LogP contribution in [-0.4, -0.2) is 9.97 Å². The largest absolute Gasteiger partial charge is 0.232 e. The first kappa shape index (κ1) is 9.23. The second-order valence-corrected chi connectivity index (χ2v) is 4.18. The Balaban J connectivity index is 2.37. The molecule has 1 saturated carbocycles. The number of nitrogens with zero attached hydrogens (tertiary/aromatic N) is 2. The van der Waals surface area contributed by atoms with Gasteiger partial charge in [-0.3, -0.25) is 0 Å². The number of aromatic nitrogens is 2. The number of hydrogen-bond donors (Lipinski definition) is 0. The van der Waals surface area contributed by atoms with Gasteiger partial charge in [-0.1, -0.05) is 6.42 Å². The quantitative estimate of drug-likeness (QED) is 0.588. The predicted octanol–water partition coefficient (Wildman–Crippen LogP) is 2.63. The SMILES string of the molecule is Fc1nc(C2CCC2)nc(F)c1I. The van der Waals surface area contributed by atoms with Gasteiger partial charge in [0.15, 0.2) is 0 Å². The van der Waals surface area contributed by atoms with Crippen molar-refractivity contribution in [1.29, 1.82) is 0 Å². The van der Waals surface area contributed by atoms with Crippen LogP contribution in [0, 0.1) is 15.5 Å². The molecule has 0 saturated heterocycles. The minimum Gasteiger partial charge on any atom is -0.203 e. The number of hydrogen-bond acceptors (Lipinski definition) is 2. The first-order chi connectivity index (χ1) is 6.18. The van der Waals surface area contributed by atoms with E-state index in [1.807, 2.05) is 0 Å². The predicted molar refractivity (Wildman–Crippen MR) is 51.3 cm³/mol. The van der Waals surface area contributed by atoms with Crippen LogP contribution in [-0.2, 0) is 0 Å². The Morgan fingerprint density at radius 3 is 2.08 bits per heavy atom. The van der Waals surface area contributed by atoms with E-state index in [0.29, 0.717) is 5.82 Å². The van der Waals surface area contributed by atoms with Crippen LogP contribution in [0.5, 0.6) is 0 Å². The van der Waals surface area contributed by atoms with Crippen molar-refractivity contribution in [3.05, 3.63) is 21.3 Å². The zero-order valence-electron chi connectivity index (χ0n) is 6.73. The van der Waals surface area contributed by atoms with Crippen molar-refractivity contribution in [2.75, 3.05) is 0 Å². The Morgan fingerprint density at radius 1 is 1.15 bits per heavy atom. The third-order valence-electron chi connectivity index (χ3n) is 2.26. The van der Waals surface area contributed by atoms with Gasteiger partial charge in [0.05, 0.1) is 0 Å². The van der Waals surface area contributed by atoms with Gasteiger partial charge in [0.1, 0.15) is 9.39 Å². The van der Waals surface area contributed by atoms with E-state index in [2.05, 4.69) is 9.97 Å². The van der Waals surface area contributed by atoms with E-state index < -0.39 is 11.9 Å². The van der Waals surface area contributed by atoms with Crippen molar-refractivity contribution in [2.24, 2.45) is 0 Å². The molecule has 1 heterocycles. The highest BCUT2D eigenvalue weighted by Gasteiger charge is 2.24. The van der Waals surface area contributed by atoms with E-state index in [0.717, 1.165) is 19.3 Å². The summed E-state index contributed by atoms with van der Waals surface area (Å²) in [5.41, 5.74) is 0. The summed E-state index contributed by atoms with van der Waals surface area (Å²) in [4.78, 5) is 7.26. The van der Waals surface area contributed by atoms with E-state index in [-0.39, 0.29) is 9.49 Å². The standard InChI is InChI=1S/C8H7F2IN2/c9-6-5(11)7(10)13-8(12-6)4-2-1-3-4/h4H,1-3H2. The minimum absolute atomic E-state index is 0.124. The molecule has 2 nitrogen and oxygen atoms in total. The molecule has 0 amide bonds. The van der Waals surface area contributed by atoms with E-state index in [4.69, 9.17) is 0 Å². The summed E-state index contributed by atoms with van der Waals surface area (Å²) in [6.07, 6.45) is 2.99. The summed E-state index contributed by atoms with van der Waals surface area (Å²) in [5, 5.41) is 0. The third kappa shape index (κ3) is 1.66. The van der Waals surface area contributed by atoms with Crippen LogP contribution in [0.25, 0.3) is 0 Å². The molecule has 0 aromatic carbocycles. The second kappa shape index (κ2) is 3.43. The maximum Gasteiger partial charge on any atom is 0.232 e. The van der Waals surface area contributed by atoms with E-state index in [1.165, 1.54) is 0 Å². The van der Waals surface area contributed by atoms with E-state index in [9.17, 15) is 8.78 Å². The molecule has 1 aromatic heterocycles. The number of rotatable bonds is 1. The Bertz CT molecular complexity index is 316. The van der Waals surface area contributed by atoms with Crippen LogP contribution >= 0.6 is 22.6 Å². The highest BCUT2D eigenvalue weighted by molar-refractivity contribution is 14.1. The molecule has 0 unspecified atom stereocenters. The van der Waals surface area contributed by atoms with Gasteiger partial charge in [-0.05, 0) is 35.4 Å². The van der Waals surface area contributed by atoms with Gasteiger partial charge < -0.3 is 0 Å². The van der Waals surface area contributed by atoms with Gasteiger partial charge in [0.2, 0.25) is 11.9 Å². The highest BCUT2D eigenvalue weighted by atomic mass is 127. The monoisotopic (exact) mass is 296 g/mol. The number of halogens is 3. The van der Waals surface area contributed by atoms with E-state index >= 15 is 0 Å². The van der Waals surface area contributed by atoms with Crippen LogP contribution in [0.3, 0.4) is 0 Å². The van der Waals surface area contributed by atoms with E-state index in [1.54, 1.807) is 22.6 Å². The Labute approximate surface area is 87.9 Å². The Morgan fingerprint density at radius 2 is 1.69 bits per heavy atom. The summed E-state index contributed by atoms with van der Waals surface area (Å²) in [5.74, 6) is -0.993. The van der Waals surface area contributed by atoms with Crippen molar-refractivity contribution < 1.29 is 8.78 Å². The van der Waals surface area contributed by atoms with Gasteiger partial charge in [0.25, 0.3) is 0 Å². The zero-order chi connectivity index (χ0) is 9.42. The lowest BCUT2D eigenvalue weighted by Gasteiger charge is -2.23. The lowest BCUT2D eigenvalue weighted by atomic mass is 9.85. The molecule has 1 aromatic rings. The van der Waals surface area contributed by atoms with Crippen molar-refractivity contribution >= 4 is 22.6 Å². The van der Waals surface area contributed by atoms with Crippen LogP contribution in [0.2, 0.25) is 0 Å². The summed E-state index contributed by atoms with van der Waals surface area (Å²) in [7, 11) is 0. The molecule has 0 N–H and O–H groups in total. The smallest absolute Gasteiger partial charge is 0.203 e. The van der Waals surface area contributed by atoms with Crippen molar-refractivity contribution in [2.45, 2.75) is 25.2 Å². The molecular weight excluding hydrogens is 289 g/mol. The summed E-state index contributed by atoms with van der Waals surface area (Å²) in [6.45, 7) is 0. The van der Waals surface area contributed by atoms with Crippen LogP contribution in [0.4, 0.5) is 8.78 Å². The fourth-order valence-electron chi connectivity index (χ4n) is 1.26. The maximum atomic E-state index is 13.0. The summed E-state index contributed by atoms with van der Waals surface area (Å²) < 4.78 is 25.8. The Kier molecular flexibility index (Phi) is 2.44. The van der Waals surface area contributed by atoms with Gasteiger partial charge in [-0.25, -0.2) is 9.97 Å². The molecule has 2 rings (SSSR count). The maximum absolute atomic E-state index is 13.0. The van der Waals surface area contributed by atoms with Crippen molar-refractivity contribution in [1.82, 2.24) is 9.97 Å². The van der Waals surface area contributed by atoms with Crippen LogP contribution in [0.15, 0.2) is 0 Å². The molecule has 5 heteroatoms. The molecule has 0 bridgehead atoms. The zero-order valence-corrected chi connectivity index (χ0v) is 8.88. The topological polar surface area (TPSA) is 25.8 Å². The first-order valence-electron chi connectivity index (χ1n) is 4.07. The highest BCUT2D eigenvalue weighted by Crippen LogP contribution is 2.34. The van der Waals surface area contributed by atoms with Crippen molar-refractivity contribution in [3.8, 4) is 0 Å². The third-order valence-corrected chi connectivity index (χ3v) is 3.15.